The monoisotopic (exact) mass is 400 g/mol. The standard InChI is InChI=1S/C16H20N2O4S3/c1-2-6-18-15(20)13-9-4-3-5-11(9)23-14(13)17-16(18)24-12-8-25(21,22)7-10(12)19/h10,12,19H,2-8H2,1H3/t10-,12+/m1/s1. The number of fused-ring (bicyclic) bond motifs is 3. The summed E-state index contributed by atoms with van der Waals surface area (Å²) in [7, 11) is -3.22. The Balaban J connectivity index is 1.80. The smallest absolute Gasteiger partial charge is 0.263 e. The first-order valence-electron chi connectivity index (χ1n) is 8.50. The quantitative estimate of drug-likeness (QED) is 0.785. The van der Waals surface area contributed by atoms with Crippen LogP contribution in [-0.4, -0.2) is 45.9 Å². The molecule has 1 N–H and O–H groups in total. The summed E-state index contributed by atoms with van der Waals surface area (Å²) in [5.41, 5.74) is 1.13. The summed E-state index contributed by atoms with van der Waals surface area (Å²) in [5.74, 6) is -0.280. The topological polar surface area (TPSA) is 89.3 Å². The lowest BCUT2D eigenvalue weighted by Gasteiger charge is -2.16. The van der Waals surface area contributed by atoms with Gasteiger partial charge in [-0.15, -0.1) is 11.3 Å². The Labute approximate surface area is 154 Å². The largest absolute Gasteiger partial charge is 0.391 e. The van der Waals surface area contributed by atoms with Gasteiger partial charge in [0.05, 0.1) is 28.2 Å². The zero-order valence-corrected chi connectivity index (χ0v) is 16.3. The van der Waals surface area contributed by atoms with E-state index in [1.165, 1.54) is 16.6 Å². The molecule has 2 aliphatic rings. The summed E-state index contributed by atoms with van der Waals surface area (Å²) in [5, 5.41) is 10.9. The minimum absolute atomic E-state index is 0.0240. The van der Waals surface area contributed by atoms with Gasteiger partial charge in [0.15, 0.2) is 15.0 Å². The van der Waals surface area contributed by atoms with Gasteiger partial charge >= 0.3 is 0 Å². The number of rotatable bonds is 4. The van der Waals surface area contributed by atoms with Crippen LogP contribution in [0.3, 0.4) is 0 Å². The summed E-state index contributed by atoms with van der Waals surface area (Å²) in [6, 6.07) is 0. The van der Waals surface area contributed by atoms with Crippen LogP contribution < -0.4 is 5.56 Å². The Kier molecular flexibility index (Phi) is 4.46. The van der Waals surface area contributed by atoms with Crippen molar-refractivity contribution in [2.45, 2.75) is 55.7 Å². The first kappa shape index (κ1) is 17.5. The lowest BCUT2D eigenvalue weighted by Crippen LogP contribution is -2.26. The Morgan fingerprint density at radius 2 is 2.16 bits per heavy atom. The number of aliphatic hydroxyl groups is 1. The number of thioether (sulfide) groups is 1. The summed E-state index contributed by atoms with van der Waals surface area (Å²) in [6.45, 7) is 2.54. The number of thiophene rings is 1. The van der Waals surface area contributed by atoms with E-state index >= 15 is 0 Å². The van der Waals surface area contributed by atoms with E-state index in [2.05, 4.69) is 0 Å². The molecule has 1 saturated heterocycles. The predicted octanol–water partition coefficient (Wildman–Crippen LogP) is 1.61. The summed E-state index contributed by atoms with van der Waals surface area (Å²) >= 11 is 2.81. The summed E-state index contributed by atoms with van der Waals surface area (Å²) < 4.78 is 25.2. The van der Waals surface area contributed by atoms with Gasteiger partial charge in [0, 0.05) is 11.4 Å². The molecule has 0 saturated carbocycles. The number of aliphatic hydroxyl groups excluding tert-OH is 1. The lowest BCUT2D eigenvalue weighted by molar-refractivity contribution is 0.207. The highest BCUT2D eigenvalue weighted by Gasteiger charge is 2.38. The van der Waals surface area contributed by atoms with Gasteiger partial charge in [-0.3, -0.25) is 9.36 Å². The van der Waals surface area contributed by atoms with Crippen LogP contribution in [0.15, 0.2) is 9.95 Å². The molecule has 1 aliphatic carbocycles. The highest BCUT2D eigenvalue weighted by molar-refractivity contribution is 8.01. The minimum atomic E-state index is -3.22. The molecule has 0 aromatic carbocycles. The van der Waals surface area contributed by atoms with E-state index in [4.69, 9.17) is 4.98 Å². The molecule has 0 spiro atoms. The van der Waals surface area contributed by atoms with Gasteiger partial charge in [0.2, 0.25) is 0 Å². The molecule has 1 aliphatic heterocycles. The number of hydrogen-bond acceptors (Lipinski definition) is 7. The van der Waals surface area contributed by atoms with E-state index in [-0.39, 0.29) is 17.1 Å². The van der Waals surface area contributed by atoms with Crippen molar-refractivity contribution in [3.8, 4) is 0 Å². The molecule has 9 heteroatoms. The molecule has 2 aromatic heterocycles. The van der Waals surface area contributed by atoms with E-state index in [0.29, 0.717) is 11.7 Å². The van der Waals surface area contributed by atoms with Crippen molar-refractivity contribution >= 4 is 43.2 Å². The maximum atomic E-state index is 13.1. The second kappa shape index (κ2) is 6.37. The second-order valence-electron chi connectivity index (χ2n) is 6.69. The van der Waals surface area contributed by atoms with Gasteiger partial charge in [0.1, 0.15) is 4.83 Å². The van der Waals surface area contributed by atoms with Gasteiger partial charge in [-0.2, -0.15) is 0 Å². The van der Waals surface area contributed by atoms with Crippen molar-refractivity contribution in [2.75, 3.05) is 11.5 Å². The molecule has 0 unspecified atom stereocenters. The summed E-state index contributed by atoms with van der Waals surface area (Å²) in [4.78, 5) is 19.8. The van der Waals surface area contributed by atoms with Crippen molar-refractivity contribution in [1.82, 2.24) is 9.55 Å². The molecule has 1 fully saturated rings. The third kappa shape index (κ3) is 3.05. The maximum absolute atomic E-state index is 13.1. The van der Waals surface area contributed by atoms with Crippen molar-refractivity contribution in [3.63, 3.8) is 0 Å². The van der Waals surface area contributed by atoms with Crippen LogP contribution in [0.1, 0.15) is 30.2 Å². The van der Waals surface area contributed by atoms with Crippen molar-refractivity contribution in [2.24, 2.45) is 0 Å². The molecule has 6 nitrogen and oxygen atoms in total. The number of hydrogen-bond donors (Lipinski definition) is 1. The molecule has 2 atom stereocenters. The SMILES string of the molecule is CCCn1c(S[C@H]2CS(=O)(=O)C[C@H]2O)nc2sc3c(c2c1=O)CCC3. The van der Waals surface area contributed by atoms with Crippen LogP contribution in [0.5, 0.6) is 0 Å². The Morgan fingerprint density at radius 3 is 2.84 bits per heavy atom. The van der Waals surface area contributed by atoms with E-state index in [9.17, 15) is 18.3 Å². The first-order valence-corrected chi connectivity index (χ1v) is 12.0. The Hall–Kier alpha value is -0.900. The van der Waals surface area contributed by atoms with Crippen molar-refractivity contribution in [3.05, 3.63) is 20.8 Å². The summed E-state index contributed by atoms with van der Waals surface area (Å²) in [6.07, 6.45) is 2.91. The zero-order chi connectivity index (χ0) is 17.8. The van der Waals surface area contributed by atoms with Crippen LogP contribution in [0.4, 0.5) is 0 Å². The van der Waals surface area contributed by atoms with Gasteiger partial charge in [0.25, 0.3) is 5.56 Å². The molecule has 0 radical (unpaired) electrons. The van der Waals surface area contributed by atoms with Gasteiger partial charge in [-0.05, 0) is 31.2 Å². The van der Waals surface area contributed by atoms with Crippen molar-refractivity contribution in [1.29, 1.82) is 0 Å². The minimum Gasteiger partial charge on any atom is -0.391 e. The molecular weight excluding hydrogens is 380 g/mol. The van der Waals surface area contributed by atoms with Gasteiger partial charge < -0.3 is 5.11 Å². The molecular formula is C16H20N2O4S3. The van der Waals surface area contributed by atoms with E-state index in [0.717, 1.165) is 41.5 Å². The zero-order valence-electron chi connectivity index (χ0n) is 13.9. The molecule has 3 heterocycles. The van der Waals surface area contributed by atoms with Gasteiger partial charge in [-0.25, -0.2) is 13.4 Å². The van der Waals surface area contributed by atoms with Crippen LogP contribution >= 0.6 is 23.1 Å². The average Bonchev–Trinajstić information content (AvgIpc) is 3.16. The average molecular weight is 401 g/mol. The van der Waals surface area contributed by atoms with E-state index < -0.39 is 21.2 Å². The second-order valence-corrected chi connectivity index (χ2v) is 11.1. The van der Waals surface area contributed by atoms with E-state index in [1.807, 2.05) is 6.92 Å². The predicted molar refractivity (Wildman–Crippen MR) is 101 cm³/mol. The van der Waals surface area contributed by atoms with E-state index in [1.54, 1.807) is 15.9 Å². The van der Waals surface area contributed by atoms with Crippen LogP contribution in [-0.2, 0) is 29.2 Å². The van der Waals surface area contributed by atoms with Gasteiger partial charge in [-0.1, -0.05) is 18.7 Å². The molecule has 136 valence electrons. The molecule has 0 amide bonds. The Morgan fingerprint density at radius 1 is 1.36 bits per heavy atom. The maximum Gasteiger partial charge on any atom is 0.263 e. The van der Waals surface area contributed by atoms with Crippen LogP contribution in [0.2, 0.25) is 0 Å². The number of sulfone groups is 1. The van der Waals surface area contributed by atoms with Crippen LogP contribution in [0, 0.1) is 0 Å². The highest BCUT2D eigenvalue weighted by Crippen LogP contribution is 2.37. The first-order chi connectivity index (χ1) is 11.9. The third-order valence-corrected chi connectivity index (χ3v) is 9.19. The normalized spacial score (nSPS) is 24.9. The lowest BCUT2D eigenvalue weighted by atomic mass is 10.2. The fraction of sp³-hybridized carbons (Fsp3) is 0.625. The fourth-order valence-electron chi connectivity index (χ4n) is 3.61. The molecule has 4 rings (SSSR count). The highest BCUT2D eigenvalue weighted by atomic mass is 32.2. The number of aromatic nitrogens is 2. The molecule has 0 bridgehead atoms. The fourth-order valence-corrected chi connectivity index (χ4v) is 8.52. The van der Waals surface area contributed by atoms with Crippen molar-refractivity contribution < 1.29 is 13.5 Å². The molecule has 25 heavy (non-hydrogen) atoms. The van der Waals surface area contributed by atoms with Crippen LogP contribution in [0.25, 0.3) is 10.2 Å². The number of aryl methyl sites for hydroxylation is 2. The Bertz CT molecular complexity index is 993. The third-order valence-electron chi connectivity index (χ3n) is 4.77. The molecule has 2 aromatic rings. The number of nitrogens with zero attached hydrogens (tertiary/aromatic N) is 2.